The number of morpholine rings is 1. The minimum Gasteiger partial charge on any atom is -0.380 e. The van der Waals surface area contributed by atoms with Crippen LogP contribution in [0.15, 0.2) is 0 Å². The Kier molecular flexibility index (Phi) is 8.79. The summed E-state index contributed by atoms with van der Waals surface area (Å²) < 4.78 is 11.2. The van der Waals surface area contributed by atoms with E-state index in [4.69, 9.17) is 9.47 Å². The highest BCUT2D eigenvalue weighted by molar-refractivity contribution is 5.72. The Morgan fingerprint density at radius 1 is 1.42 bits per heavy atom. The van der Waals surface area contributed by atoms with Gasteiger partial charge < -0.3 is 14.8 Å². The molecule has 0 saturated carbocycles. The lowest BCUT2D eigenvalue weighted by atomic mass is 10.2. The standard InChI is InChI=1S/C14H28N2O3/c1-3-4-5-8-18-9-6-16-7-10-19-14(12-16)11-15-13(2)17/h14H,3-12H2,1-2H3,(H,15,17). The summed E-state index contributed by atoms with van der Waals surface area (Å²) >= 11 is 0. The van der Waals surface area contributed by atoms with E-state index in [1.54, 1.807) is 0 Å². The number of ether oxygens (including phenoxy) is 2. The normalized spacial score (nSPS) is 20.4. The minimum atomic E-state index is -0.0000176. The molecule has 1 N–H and O–H groups in total. The molecule has 1 rings (SSSR count). The zero-order chi connectivity index (χ0) is 13.9. The molecule has 0 aromatic rings. The molecule has 0 aliphatic carbocycles. The summed E-state index contributed by atoms with van der Waals surface area (Å²) in [4.78, 5) is 13.2. The predicted octanol–water partition coefficient (Wildman–Crippen LogP) is 1.03. The van der Waals surface area contributed by atoms with E-state index in [9.17, 15) is 4.79 Å². The van der Waals surface area contributed by atoms with Crippen molar-refractivity contribution in [2.24, 2.45) is 0 Å². The van der Waals surface area contributed by atoms with Gasteiger partial charge in [-0.2, -0.15) is 0 Å². The molecule has 1 heterocycles. The molecule has 5 heteroatoms. The number of nitrogens with one attached hydrogen (secondary N) is 1. The SMILES string of the molecule is CCCCCOCCN1CCOC(CNC(C)=O)C1. The number of hydrogen-bond donors (Lipinski definition) is 1. The lowest BCUT2D eigenvalue weighted by Crippen LogP contribution is -2.48. The summed E-state index contributed by atoms with van der Waals surface area (Å²) in [6, 6.07) is 0. The van der Waals surface area contributed by atoms with Gasteiger partial charge in [0.1, 0.15) is 0 Å². The topological polar surface area (TPSA) is 50.8 Å². The van der Waals surface area contributed by atoms with Crippen LogP contribution in [0.5, 0.6) is 0 Å². The third kappa shape index (κ3) is 8.18. The van der Waals surface area contributed by atoms with Crippen molar-refractivity contribution < 1.29 is 14.3 Å². The van der Waals surface area contributed by atoms with Gasteiger partial charge >= 0.3 is 0 Å². The molecule has 1 amide bonds. The van der Waals surface area contributed by atoms with Crippen LogP contribution in [-0.4, -0.2) is 62.9 Å². The fraction of sp³-hybridized carbons (Fsp3) is 0.929. The molecule has 5 nitrogen and oxygen atoms in total. The van der Waals surface area contributed by atoms with E-state index < -0.39 is 0 Å². The van der Waals surface area contributed by atoms with Crippen LogP contribution in [0.2, 0.25) is 0 Å². The molecule has 0 bridgehead atoms. The first-order valence-electron chi connectivity index (χ1n) is 7.38. The summed E-state index contributed by atoms with van der Waals surface area (Å²) in [5.74, 6) is -0.0000176. The largest absolute Gasteiger partial charge is 0.380 e. The highest BCUT2D eigenvalue weighted by atomic mass is 16.5. The monoisotopic (exact) mass is 272 g/mol. The van der Waals surface area contributed by atoms with Crippen LogP contribution in [0.3, 0.4) is 0 Å². The van der Waals surface area contributed by atoms with Crippen LogP contribution >= 0.6 is 0 Å². The second-order valence-electron chi connectivity index (χ2n) is 5.05. The van der Waals surface area contributed by atoms with Gasteiger partial charge in [0.25, 0.3) is 0 Å². The molecule has 1 aliphatic heterocycles. The van der Waals surface area contributed by atoms with E-state index in [-0.39, 0.29) is 12.0 Å². The number of rotatable bonds is 9. The quantitative estimate of drug-likeness (QED) is 0.637. The molecule has 1 aliphatic rings. The third-order valence-electron chi connectivity index (χ3n) is 3.25. The minimum absolute atomic E-state index is 0.0000176. The van der Waals surface area contributed by atoms with Crippen LogP contribution in [0.1, 0.15) is 33.1 Å². The van der Waals surface area contributed by atoms with Gasteiger partial charge in [-0.3, -0.25) is 9.69 Å². The average Bonchev–Trinajstić information content (AvgIpc) is 2.41. The Bertz CT molecular complexity index is 249. The fourth-order valence-corrected chi connectivity index (χ4v) is 2.11. The molecule has 1 atom stereocenters. The van der Waals surface area contributed by atoms with Crippen LogP contribution < -0.4 is 5.32 Å². The number of nitrogens with zero attached hydrogens (tertiary/aromatic N) is 1. The van der Waals surface area contributed by atoms with Gasteiger partial charge in [0.2, 0.25) is 5.91 Å². The van der Waals surface area contributed by atoms with Crippen LogP contribution in [0.4, 0.5) is 0 Å². The van der Waals surface area contributed by atoms with Gasteiger partial charge in [-0.15, -0.1) is 0 Å². The molecule has 1 saturated heterocycles. The van der Waals surface area contributed by atoms with Gasteiger partial charge in [0, 0.05) is 39.7 Å². The van der Waals surface area contributed by atoms with Crippen molar-refractivity contribution in [2.45, 2.75) is 39.2 Å². The highest BCUT2D eigenvalue weighted by Crippen LogP contribution is 2.04. The molecule has 0 aromatic heterocycles. The molecule has 19 heavy (non-hydrogen) atoms. The zero-order valence-electron chi connectivity index (χ0n) is 12.3. The lowest BCUT2D eigenvalue weighted by Gasteiger charge is -2.32. The smallest absolute Gasteiger partial charge is 0.216 e. The maximum absolute atomic E-state index is 10.9. The van der Waals surface area contributed by atoms with Gasteiger partial charge in [-0.05, 0) is 6.42 Å². The first-order valence-corrected chi connectivity index (χ1v) is 7.38. The van der Waals surface area contributed by atoms with Gasteiger partial charge in [0.05, 0.1) is 19.3 Å². The first-order chi connectivity index (χ1) is 9.22. The van der Waals surface area contributed by atoms with Gasteiger partial charge in [0.15, 0.2) is 0 Å². The second kappa shape index (κ2) is 10.2. The van der Waals surface area contributed by atoms with E-state index in [0.717, 1.165) is 45.9 Å². The predicted molar refractivity (Wildman–Crippen MR) is 75.2 cm³/mol. The Morgan fingerprint density at radius 3 is 3.00 bits per heavy atom. The molecule has 0 radical (unpaired) electrons. The number of hydrogen-bond acceptors (Lipinski definition) is 4. The van der Waals surface area contributed by atoms with Crippen LogP contribution in [0.25, 0.3) is 0 Å². The van der Waals surface area contributed by atoms with E-state index in [1.165, 1.54) is 19.8 Å². The Morgan fingerprint density at radius 2 is 2.26 bits per heavy atom. The second-order valence-corrected chi connectivity index (χ2v) is 5.05. The van der Waals surface area contributed by atoms with Crippen LogP contribution in [0, 0.1) is 0 Å². The van der Waals surface area contributed by atoms with Crippen molar-refractivity contribution in [1.29, 1.82) is 0 Å². The lowest BCUT2D eigenvalue weighted by molar-refractivity contribution is -0.120. The van der Waals surface area contributed by atoms with Gasteiger partial charge in [-0.25, -0.2) is 0 Å². The molecule has 0 aromatic carbocycles. The zero-order valence-corrected chi connectivity index (χ0v) is 12.3. The maximum atomic E-state index is 10.9. The third-order valence-corrected chi connectivity index (χ3v) is 3.25. The molecule has 1 unspecified atom stereocenters. The maximum Gasteiger partial charge on any atom is 0.216 e. The molecule has 1 fully saturated rings. The van der Waals surface area contributed by atoms with Crippen LogP contribution in [-0.2, 0) is 14.3 Å². The highest BCUT2D eigenvalue weighted by Gasteiger charge is 2.20. The number of unbranched alkanes of at least 4 members (excludes halogenated alkanes) is 2. The van der Waals surface area contributed by atoms with Crippen molar-refractivity contribution >= 4 is 5.91 Å². The fourth-order valence-electron chi connectivity index (χ4n) is 2.11. The van der Waals surface area contributed by atoms with Crippen molar-refractivity contribution in [3.63, 3.8) is 0 Å². The summed E-state index contributed by atoms with van der Waals surface area (Å²) in [6.45, 7) is 9.50. The van der Waals surface area contributed by atoms with Crippen molar-refractivity contribution in [3.05, 3.63) is 0 Å². The summed E-state index contributed by atoms with van der Waals surface area (Å²) in [5, 5.41) is 2.80. The number of amides is 1. The molecule has 0 spiro atoms. The summed E-state index contributed by atoms with van der Waals surface area (Å²) in [6.07, 6.45) is 3.75. The van der Waals surface area contributed by atoms with E-state index in [0.29, 0.717) is 6.54 Å². The van der Waals surface area contributed by atoms with Crippen molar-refractivity contribution in [3.8, 4) is 0 Å². The first kappa shape index (κ1) is 16.4. The Hall–Kier alpha value is -0.650. The summed E-state index contributed by atoms with van der Waals surface area (Å²) in [7, 11) is 0. The molecular weight excluding hydrogens is 244 g/mol. The Labute approximate surface area is 116 Å². The van der Waals surface area contributed by atoms with Crippen molar-refractivity contribution in [1.82, 2.24) is 10.2 Å². The van der Waals surface area contributed by atoms with Crippen molar-refractivity contribution in [2.75, 3.05) is 46.0 Å². The Balaban J connectivity index is 2.04. The van der Waals surface area contributed by atoms with Gasteiger partial charge in [-0.1, -0.05) is 19.8 Å². The van der Waals surface area contributed by atoms with E-state index in [1.807, 2.05) is 0 Å². The molecule has 112 valence electrons. The van der Waals surface area contributed by atoms with E-state index >= 15 is 0 Å². The number of carbonyl (C=O) groups is 1. The summed E-state index contributed by atoms with van der Waals surface area (Å²) in [5.41, 5.74) is 0. The molecular formula is C14H28N2O3. The van der Waals surface area contributed by atoms with E-state index in [2.05, 4.69) is 17.1 Å². The average molecular weight is 272 g/mol. The number of carbonyl (C=O) groups excluding carboxylic acids is 1.